The predicted molar refractivity (Wildman–Crippen MR) is 93.1 cm³/mol. The predicted octanol–water partition coefficient (Wildman–Crippen LogP) is 2.56. The Kier molecular flexibility index (Phi) is 4.54. The van der Waals surface area contributed by atoms with Crippen molar-refractivity contribution in [3.8, 4) is 0 Å². The second kappa shape index (κ2) is 6.10. The van der Waals surface area contributed by atoms with E-state index in [0.29, 0.717) is 23.8 Å². The lowest BCUT2D eigenvalue weighted by Gasteiger charge is -2.40. The molecule has 2 heterocycles. The van der Waals surface area contributed by atoms with E-state index >= 15 is 0 Å². The number of hydrogen-bond acceptors (Lipinski definition) is 4. The number of hydrogen-bond donors (Lipinski definition) is 3. The fourth-order valence-corrected chi connectivity index (χ4v) is 4.56. The third kappa shape index (κ3) is 2.80. The lowest BCUT2D eigenvalue weighted by atomic mass is 9.65. The molecular formula is C20H30O4. The number of rotatable bonds is 2. The molecule has 0 aromatic rings. The normalized spacial score (nSPS) is 47.3. The maximum atomic E-state index is 10.9. The highest BCUT2D eigenvalue weighted by atomic mass is 16.6. The second-order valence-electron chi connectivity index (χ2n) is 8.19. The van der Waals surface area contributed by atoms with Gasteiger partial charge in [-0.3, -0.25) is 0 Å². The molecule has 134 valence electrons. The first-order valence-corrected chi connectivity index (χ1v) is 9.00. The van der Waals surface area contributed by atoms with Crippen LogP contribution in [0.25, 0.3) is 0 Å². The molecule has 0 saturated heterocycles. The van der Waals surface area contributed by atoms with E-state index in [4.69, 9.17) is 4.74 Å². The summed E-state index contributed by atoms with van der Waals surface area (Å²) >= 11 is 0. The number of aliphatic hydroxyl groups excluding tert-OH is 2. The maximum Gasteiger partial charge on any atom is 0.211 e. The molecule has 4 heteroatoms. The number of fused-ring (bicyclic) bond motifs is 3. The molecule has 2 bridgehead atoms. The van der Waals surface area contributed by atoms with E-state index in [1.165, 1.54) is 5.57 Å². The van der Waals surface area contributed by atoms with Crippen molar-refractivity contribution in [3.05, 3.63) is 35.5 Å². The van der Waals surface area contributed by atoms with E-state index in [0.717, 1.165) is 6.42 Å². The molecule has 0 aromatic heterocycles. The average Bonchev–Trinajstić information content (AvgIpc) is 2.85. The topological polar surface area (TPSA) is 69.9 Å². The maximum absolute atomic E-state index is 10.9. The first-order valence-electron chi connectivity index (χ1n) is 9.00. The van der Waals surface area contributed by atoms with Gasteiger partial charge in [-0.2, -0.15) is 0 Å². The van der Waals surface area contributed by atoms with Crippen molar-refractivity contribution in [1.82, 2.24) is 0 Å². The fraction of sp³-hybridized carbons (Fsp3) is 0.700. The summed E-state index contributed by atoms with van der Waals surface area (Å²) in [5, 5.41) is 31.6. The van der Waals surface area contributed by atoms with Crippen LogP contribution >= 0.6 is 0 Å². The number of allylic oxidation sites excluding steroid dienone is 3. The van der Waals surface area contributed by atoms with Gasteiger partial charge in [-0.05, 0) is 62.5 Å². The molecule has 3 rings (SSSR count). The van der Waals surface area contributed by atoms with E-state index in [2.05, 4.69) is 26.8 Å². The monoisotopic (exact) mass is 334 g/mol. The summed E-state index contributed by atoms with van der Waals surface area (Å²) in [5.74, 6) is -0.356. The molecular weight excluding hydrogens is 304 g/mol. The largest absolute Gasteiger partial charge is 0.392 e. The Morgan fingerprint density at radius 2 is 2.04 bits per heavy atom. The van der Waals surface area contributed by atoms with Crippen LogP contribution in [0.15, 0.2) is 35.5 Å². The van der Waals surface area contributed by atoms with Gasteiger partial charge in [-0.1, -0.05) is 31.6 Å². The highest BCUT2D eigenvalue weighted by Gasteiger charge is 2.50. The van der Waals surface area contributed by atoms with Crippen molar-refractivity contribution >= 4 is 0 Å². The van der Waals surface area contributed by atoms with Crippen LogP contribution < -0.4 is 0 Å². The van der Waals surface area contributed by atoms with Crippen LogP contribution in [0.1, 0.15) is 40.5 Å². The molecule has 3 aliphatic rings. The van der Waals surface area contributed by atoms with Crippen molar-refractivity contribution in [3.63, 3.8) is 0 Å². The smallest absolute Gasteiger partial charge is 0.211 e. The van der Waals surface area contributed by atoms with Crippen molar-refractivity contribution in [2.75, 3.05) is 6.61 Å². The van der Waals surface area contributed by atoms with Crippen LogP contribution in [-0.4, -0.2) is 39.4 Å². The van der Waals surface area contributed by atoms with Gasteiger partial charge in [-0.25, -0.2) is 0 Å². The first-order chi connectivity index (χ1) is 11.2. The molecule has 2 aliphatic heterocycles. The molecule has 0 saturated carbocycles. The Bertz CT molecular complexity index is 590. The van der Waals surface area contributed by atoms with Crippen molar-refractivity contribution in [1.29, 1.82) is 0 Å². The van der Waals surface area contributed by atoms with Crippen LogP contribution in [0.4, 0.5) is 0 Å². The van der Waals surface area contributed by atoms with Crippen molar-refractivity contribution in [2.45, 2.75) is 58.0 Å². The Hall–Kier alpha value is -0.940. The van der Waals surface area contributed by atoms with Crippen molar-refractivity contribution < 1.29 is 20.1 Å². The van der Waals surface area contributed by atoms with Gasteiger partial charge >= 0.3 is 0 Å². The second-order valence-corrected chi connectivity index (χ2v) is 8.19. The van der Waals surface area contributed by atoms with Gasteiger partial charge in [0.1, 0.15) is 5.60 Å². The highest BCUT2D eigenvalue weighted by molar-refractivity contribution is 5.32. The molecule has 24 heavy (non-hydrogen) atoms. The van der Waals surface area contributed by atoms with Crippen LogP contribution in [0.2, 0.25) is 0 Å². The lowest BCUT2D eigenvalue weighted by molar-refractivity contribution is -0.208. The minimum absolute atomic E-state index is 0.177. The number of aliphatic hydroxyl groups is 3. The molecule has 0 radical (unpaired) electrons. The van der Waals surface area contributed by atoms with Gasteiger partial charge in [-0.15, -0.1) is 0 Å². The quantitative estimate of drug-likeness (QED) is 0.679. The summed E-state index contributed by atoms with van der Waals surface area (Å²) in [6, 6.07) is 0. The van der Waals surface area contributed by atoms with Crippen LogP contribution in [0.3, 0.4) is 0 Å². The zero-order valence-corrected chi connectivity index (χ0v) is 15.1. The van der Waals surface area contributed by atoms with Crippen LogP contribution in [0.5, 0.6) is 0 Å². The average molecular weight is 334 g/mol. The first kappa shape index (κ1) is 17.9. The van der Waals surface area contributed by atoms with Crippen LogP contribution in [0, 0.1) is 23.7 Å². The van der Waals surface area contributed by atoms with Gasteiger partial charge < -0.3 is 20.1 Å². The summed E-state index contributed by atoms with van der Waals surface area (Å²) < 4.78 is 5.86. The van der Waals surface area contributed by atoms with Gasteiger partial charge in [0.05, 0.1) is 12.7 Å². The third-order valence-electron chi connectivity index (χ3n) is 6.29. The van der Waals surface area contributed by atoms with E-state index in [-0.39, 0.29) is 18.4 Å². The highest BCUT2D eigenvalue weighted by Crippen LogP contribution is 2.47. The van der Waals surface area contributed by atoms with Crippen molar-refractivity contribution in [2.24, 2.45) is 23.7 Å². The molecule has 0 amide bonds. The Morgan fingerprint density at radius 1 is 1.33 bits per heavy atom. The van der Waals surface area contributed by atoms with E-state index in [9.17, 15) is 15.3 Å². The Morgan fingerprint density at radius 3 is 2.67 bits per heavy atom. The van der Waals surface area contributed by atoms with Gasteiger partial charge in [0, 0.05) is 5.57 Å². The molecule has 0 fully saturated rings. The van der Waals surface area contributed by atoms with Crippen LogP contribution in [-0.2, 0) is 4.74 Å². The third-order valence-corrected chi connectivity index (χ3v) is 6.29. The summed E-state index contributed by atoms with van der Waals surface area (Å²) in [5.41, 5.74) is 0.817. The van der Waals surface area contributed by atoms with E-state index in [1.807, 2.05) is 6.08 Å². The zero-order chi connectivity index (χ0) is 17.7. The molecule has 0 spiro atoms. The SMILES string of the molecule is CC1=CC[C@H](C(C)C)[C@H]2/C=C(/CO)[C@@]3(O)C=C[C@](C)(O3)[C@@H](O)C[C@@H]12. The molecule has 4 nitrogen and oxygen atoms in total. The summed E-state index contributed by atoms with van der Waals surface area (Å²) in [4.78, 5) is 0. The standard InChI is InChI=1S/C20H30O4/c1-12(2)15-6-5-13(3)16-10-18(22)19(4)7-8-20(23,24-19)14(11-21)9-17(15)16/h5,7-9,12,15-18,21-23H,6,10-11H2,1-4H3/b14-9-/t15-,16+,17-,18+,19+,20-/m1/s1. The Balaban J connectivity index is 2.12. The molecule has 0 unspecified atom stereocenters. The Labute approximate surface area is 144 Å². The minimum atomic E-state index is -1.63. The zero-order valence-electron chi connectivity index (χ0n) is 15.1. The number of ether oxygens (including phenoxy) is 1. The fourth-order valence-electron chi connectivity index (χ4n) is 4.56. The molecule has 0 aromatic carbocycles. The summed E-state index contributed by atoms with van der Waals surface area (Å²) in [7, 11) is 0. The van der Waals surface area contributed by atoms with E-state index in [1.54, 1.807) is 19.1 Å². The minimum Gasteiger partial charge on any atom is -0.392 e. The van der Waals surface area contributed by atoms with E-state index < -0.39 is 17.5 Å². The molecule has 1 aliphatic carbocycles. The van der Waals surface area contributed by atoms with Gasteiger partial charge in [0.15, 0.2) is 0 Å². The summed E-state index contributed by atoms with van der Waals surface area (Å²) in [6.45, 7) is 8.08. The van der Waals surface area contributed by atoms with Gasteiger partial charge in [0.25, 0.3) is 0 Å². The lowest BCUT2D eigenvalue weighted by Crippen LogP contribution is -2.45. The molecule has 6 atom stereocenters. The molecule has 3 N–H and O–H groups in total. The summed E-state index contributed by atoms with van der Waals surface area (Å²) in [6.07, 6.45) is 8.45. The van der Waals surface area contributed by atoms with Gasteiger partial charge in [0.2, 0.25) is 5.79 Å².